The molecule has 2 atom stereocenters. The van der Waals surface area contributed by atoms with Crippen LogP contribution in [0.1, 0.15) is 44.2 Å². The summed E-state index contributed by atoms with van der Waals surface area (Å²) in [6.07, 6.45) is 2.54. The van der Waals surface area contributed by atoms with Crippen LogP contribution in [-0.4, -0.2) is 64.2 Å². The Morgan fingerprint density at radius 2 is 1.53 bits per heavy atom. The minimum Gasteiger partial charge on any atom is -0.497 e. The second-order valence-corrected chi connectivity index (χ2v) is 12.4. The van der Waals surface area contributed by atoms with Crippen LogP contribution >= 0.6 is 0 Å². The molecule has 0 saturated carbocycles. The highest BCUT2D eigenvalue weighted by atomic mass is 32.2. The summed E-state index contributed by atoms with van der Waals surface area (Å²) in [6.45, 7) is 4.22. The van der Waals surface area contributed by atoms with Crippen molar-refractivity contribution in [2.75, 3.05) is 31.3 Å². The molecule has 9 nitrogen and oxygen atoms in total. The Morgan fingerprint density at radius 1 is 0.884 bits per heavy atom. The van der Waals surface area contributed by atoms with Gasteiger partial charge in [-0.2, -0.15) is 0 Å². The Kier molecular flexibility index (Phi) is 12.4. The first-order chi connectivity index (χ1) is 20.5. The van der Waals surface area contributed by atoms with Crippen molar-refractivity contribution in [2.24, 2.45) is 0 Å². The summed E-state index contributed by atoms with van der Waals surface area (Å²) in [7, 11) is -0.488. The molecule has 0 spiro atoms. The van der Waals surface area contributed by atoms with Crippen molar-refractivity contribution in [3.63, 3.8) is 0 Å². The van der Waals surface area contributed by atoms with Gasteiger partial charge in [-0.1, -0.05) is 49.4 Å². The van der Waals surface area contributed by atoms with E-state index in [-0.39, 0.29) is 43.8 Å². The van der Waals surface area contributed by atoms with Crippen LogP contribution in [0.25, 0.3) is 0 Å². The van der Waals surface area contributed by atoms with Crippen molar-refractivity contribution in [3.8, 4) is 11.5 Å². The molecular formula is C33H43N3O6S. The van der Waals surface area contributed by atoms with E-state index in [4.69, 9.17) is 9.47 Å². The maximum Gasteiger partial charge on any atom is 0.243 e. The summed E-state index contributed by atoms with van der Waals surface area (Å²) in [6, 6.07) is 22.9. The summed E-state index contributed by atoms with van der Waals surface area (Å²) in [5, 5.41) is 3.06. The van der Waals surface area contributed by atoms with E-state index in [1.165, 1.54) is 4.31 Å². The maximum absolute atomic E-state index is 14.0. The molecule has 0 saturated heterocycles. The minimum absolute atomic E-state index is 0.0496. The number of amides is 2. The Morgan fingerprint density at radius 3 is 2.14 bits per heavy atom. The molecule has 2 amide bonds. The number of nitrogens with zero attached hydrogens (tertiary/aromatic N) is 2. The molecule has 0 heterocycles. The van der Waals surface area contributed by atoms with Gasteiger partial charge in [0.2, 0.25) is 21.8 Å². The third kappa shape index (κ3) is 10.0. The van der Waals surface area contributed by atoms with Gasteiger partial charge in [-0.25, -0.2) is 8.42 Å². The molecule has 3 aromatic carbocycles. The number of hydrogen-bond donors (Lipinski definition) is 1. The highest BCUT2D eigenvalue weighted by molar-refractivity contribution is 7.92. The Hall–Kier alpha value is -4.05. The van der Waals surface area contributed by atoms with E-state index in [9.17, 15) is 18.0 Å². The summed E-state index contributed by atoms with van der Waals surface area (Å²) in [4.78, 5) is 29.3. The first-order valence-corrected chi connectivity index (χ1v) is 16.3. The first-order valence-electron chi connectivity index (χ1n) is 14.4. The third-order valence-corrected chi connectivity index (χ3v) is 8.47. The summed E-state index contributed by atoms with van der Waals surface area (Å²) in [5.41, 5.74) is 2.23. The van der Waals surface area contributed by atoms with Gasteiger partial charge in [0.05, 0.1) is 26.2 Å². The van der Waals surface area contributed by atoms with Crippen molar-refractivity contribution in [3.05, 3.63) is 90.0 Å². The number of nitrogens with one attached hydrogen (secondary N) is 1. The number of anilines is 1. The largest absolute Gasteiger partial charge is 0.497 e. The minimum atomic E-state index is -3.61. The summed E-state index contributed by atoms with van der Waals surface area (Å²) in [5.74, 6) is 0.786. The fraction of sp³-hybridized carbons (Fsp3) is 0.394. The van der Waals surface area contributed by atoms with Crippen molar-refractivity contribution >= 4 is 27.5 Å². The topological polar surface area (TPSA) is 105 Å². The van der Waals surface area contributed by atoms with Gasteiger partial charge in [0.25, 0.3) is 0 Å². The molecule has 232 valence electrons. The van der Waals surface area contributed by atoms with E-state index >= 15 is 0 Å². The standard InChI is InChI=1S/C33H43N3O6S/c1-6-25(2)34-33(38)31(23-26-12-8-7-9-13-26)35(24-27-14-10-15-30(22-27)42-4)32(37)16-11-21-36(43(5,39)40)28-17-19-29(41-3)20-18-28/h7-10,12-15,17-20,22,25,31H,6,11,16,21,23-24H2,1-5H3,(H,34,38)/t25-,31-/m1/s1. The lowest BCUT2D eigenvalue weighted by Crippen LogP contribution is -2.52. The van der Waals surface area contributed by atoms with Gasteiger partial charge < -0.3 is 19.7 Å². The van der Waals surface area contributed by atoms with E-state index < -0.39 is 16.1 Å². The number of benzene rings is 3. The van der Waals surface area contributed by atoms with Gasteiger partial charge in [-0.15, -0.1) is 0 Å². The molecule has 3 aromatic rings. The highest BCUT2D eigenvalue weighted by Crippen LogP contribution is 2.23. The van der Waals surface area contributed by atoms with E-state index in [1.54, 1.807) is 43.4 Å². The number of sulfonamides is 1. The number of rotatable bonds is 16. The van der Waals surface area contributed by atoms with Crippen LogP contribution in [0, 0.1) is 0 Å². The van der Waals surface area contributed by atoms with Gasteiger partial charge in [-0.3, -0.25) is 13.9 Å². The number of ether oxygens (including phenoxy) is 2. The van der Waals surface area contributed by atoms with Crippen molar-refractivity contribution in [1.29, 1.82) is 0 Å². The Balaban J connectivity index is 1.90. The second-order valence-electron chi connectivity index (χ2n) is 10.5. The van der Waals surface area contributed by atoms with Crippen LogP contribution < -0.4 is 19.1 Å². The van der Waals surface area contributed by atoms with Crippen LogP contribution in [-0.2, 0) is 32.6 Å². The average Bonchev–Trinajstić information content (AvgIpc) is 3.00. The SMILES string of the molecule is CC[C@@H](C)NC(=O)[C@@H](Cc1ccccc1)N(Cc1cccc(OC)c1)C(=O)CCCN(c1ccc(OC)cc1)S(C)(=O)=O. The summed E-state index contributed by atoms with van der Waals surface area (Å²) >= 11 is 0. The molecule has 0 aromatic heterocycles. The van der Waals surface area contributed by atoms with Crippen LogP contribution in [0.4, 0.5) is 5.69 Å². The van der Waals surface area contributed by atoms with Gasteiger partial charge in [0, 0.05) is 32.0 Å². The molecule has 0 fully saturated rings. The normalized spacial score (nSPS) is 12.6. The molecule has 0 aliphatic rings. The monoisotopic (exact) mass is 609 g/mol. The number of methoxy groups -OCH3 is 2. The van der Waals surface area contributed by atoms with Gasteiger partial charge in [0.1, 0.15) is 17.5 Å². The van der Waals surface area contributed by atoms with E-state index in [1.807, 2.05) is 68.4 Å². The molecular weight excluding hydrogens is 566 g/mol. The third-order valence-electron chi connectivity index (χ3n) is 7.27. The predicted molar refractivity (Wildman–Crippen MR) is 170 cm³/mol. The molecule has 1 N–H and O–H groups in total. The zero-order chi connectivity index (χ0) is 31.4. The Bertz CT molecular complexity index is 1430. The number of carbonyl (C=O) groups is 2. The van der Waals surface area contributed by atoms with Gasteiger partial charge in [-0.05, 0) is 67.3 Å². The smallest absolute Gasteiger partial charge is 0.243 e. The quantitative estimate of drug-likeness (QED) is 0.250. The zero-order valence-corrected chi connectivity index (χ0v) is 26.5. The second kappa shape index (κ2) is 16.0. The molecule has 0 radical (unpaired) electrons. The number of hydrogen-bond acceptors (Lipinski definition) is 6. The van der Waals surface area contributed by atoms with Crippen LogP contribution in [0.5, 0.6) is 11.5 Å². The summed E-state index contributed by atoms with van der Waals surface area (Å²) < 4.78 is 37.2. The predicted octanol–water partition coefficient (Wildman–Crippen LogP) is 4.80. The van der Waals surface area contributed by atoms with Gasteiger partial charge in [0.15, 0.2) is 0 Å². The maximum atomic E-state index is 14.0. The van der Waals surface area contributed by atoms with Crippen molar-refractivity contribution < 1.29 is 27.5 Å². The fourth-order valence-electron chi connectivity index (χ4n) is 4.71. The molecule has 0 bridgehead atoms. The van der Waals surface area contributed by atoms with Crippen molar-refractivity contribution in [2.45, 2.75) is 58.2 Å². The van der Waals surface area contributed by atoms with Crippen LogP contribution in [0.3, 0.4) is 0 Å². The molecule has 10 heteroatoms. The lowest BCUT2D eigenvalue weighted by atomic mass is 10.0. The highest BCUT2D eigenvalue weighted by Gasteiger charge is 2.31. The molecule has 0 aliphatic heterocycles. The first kappa shape index (κ1) is 33.5. The Labute approximate surface area is 255 Å². The van der Waals surface area contributed by atoms with E-state index in [0.29, 0.717) is 23.6 Å². The van der Waals surface area contributed by atoms with Crippen molar-refractivity contribution in [1.82, 2.24) is 10.2 Å². The van der Waals surface area contributed by atoms with E-state index in [0.717, 1.165) is 23.8 Å². The lowest BCUT2D eigenvalue weighted by molar-refractivity contribution is -0.141. The van der Waals surface area contributed by atoms with E-state index in [2.05, 4.69) is 5.32 Å². The molecule has 43 heavy (non-hydrogen) atoms. The fourth-order valence-corrected chi connectivity index (χ4v) is 5.68. The molecule has 0 aliphatic carbocycles. The van der Waals surface area contributed by atoms with Crippen LogP contribution in [0.15, 0.2) is 78.9 Å². The van der Waals surface area contributed by atoms with Gasteiger partial charge >= 0.3 is 0 Å². The number of carbonyl (C=O) groups excluding carboxylic acids is 2. The lowest BCUT2D eigenvalue weighted by Gasteiger charge is -2.33. The molecule has 3 rings (SSSR count). The average molecular weight is 610 g/mol. The zero-order valence-electron chi connectivity index (χ0n) is 25.7. The van der Waals surface area contributed by atoms with Crippen LogP contribution in [0.2, 0.25) is 0 Å². The molecule has 0 unspecified atom stereocenters.